The van der Waals surface area contributed by atoms with Gasteiger partial charge in [-0.25, -0.2) is 4.98 Å². The van der Waals surface area contributed by atoms with Crippen molar-refractivity contribution in [3.8, 4) is 17.0 Å². The van der Waals surface area contributed by atoms with Gasteiger partial charge in [0.2, 0.25) is 5.91 Å². The quantitative estimate of drug-likeness (QED) is 0.645. The number of anilines is 2. The first-order chi connectivity index (χ1) is 13.4. The SMILES string of the molecule is CC(=O)Nc1ccc(-c2csc(NC(=O)[C@@H](C)Oc3ccc(C)cc3)n2)cc1. The third kappa shape index (κ3) is 5.17. The summed E-state index contributed by atoms with van der Waals surface area (Å²) in [5.74, 6) is 0.267. The first-order valence-electron chi connectivity index (χ1n) is 8.78. The summed E-state index contributed by atoms with van der Waals surface area (Å²) in [4.78, 5) is 27.9. The standard InChI is InChI=1S/C21H21N3O3S/c1-13-4-10-18(11-5-13)27-14(2)20(26)24-21-23-19(12-28-21)16-6-8-17(9-7-16)22-15(3)25/h4-12,14H,1-3H3,(H,22,25)(H,23,24,26)/t14-/m1/s1. The molecule has 0 saturated carbocycles. The highest BCUT2D eigenvalue weighted by atomic mass is 32.1. The molecule has 3 aromatic rings. The fourth-order valence-electron chi connectivity index (χ4n) is 2.47. The van der Waals surface area contributed by atoms with Gasteiger partial charge >= 0.3 is 0 Å². The van der Waals surface area contributed by atoms with E-state index in [4.69, 9.17) is 4.74 Å². The van der Waals surface area contributed by atoms with E-state index in [2.05, 4.69) is 15.6 Å². The number of hydrogen-bond acceptors (Lipinski definition) is 5. The van der Waals surface area contributed by atoms with Gasteiger partial charge in [-0.05, 0) is 38.1 Å². The van der Waals surface area contributed by atoms with E-state index >= 15 is 0 Å². The Morgan fingerprint density at radius 1 is 1.04 bits per heavy atom. The van der Waals surface area contributed by atoms with Crippen molar-refractivity contribution in [2.45, 2.75) is 26.9 Å². The van der Waals surface area contributed by atoms with Crippen molar-refractivity contribution < 1.29 is 14.3 Å². The van der Waals surface area contributed by atoms with E-state index in [9.17, 15) is 9.59 Å². The van der Waals surface area contributed by atoms with Crippen LogP contribution in [0.1, 0.15) is 19.4 Å². The monoisotopic (exact) mass is 395 g/mol. The van der Waals surface area contributed by atoms with Crippen LogP contribution in [-0.4, -0.2) is 22.9 Å². The smallest absolute Gasteiger partial charge is 0.266 e. The molecule has 0 spiro atoms. The zero-order valence-corrected chi connectivity index (χ0v) is 16.7. The average Bonchev–Trinajstić information content (AvgIpc) is 3.12. The van der Waals surface area contributed by atoms with Gasteiger partial charge in [-0.15, -0.1) is 11.3 Å². The Labute approximate surface area is 167 Å². The van der Waals surface area contributed by atoms with Crippen LogP contribution < -0.4 is 15.4 Å². The number of nitrogens with zero attached hydrogens (tertiary/aromatic N) is 1. The molecule has 0 unspecified atom stereocenters. The molecular formula is C21H21N3O3S. The van der Waals surface area contributed by atoms with E-state index in [0.29, 0.717) is 10.9 Å². The van der Waals surface area contributed by atoms with Crippen molar-refractivity contribution in [3.63, 3.8) is 0 Å². The summed E-state index contributed by atoms with van der Waals surface area (Å²) in [6.07, 6.45) is -0.646. The third-order valence-corrected chi connectivity index (χ3v) is 4.70. The first kappa shape index (κ1) is 19.6. The van der Waals surface area contributed by atoms with E-state index in [-0.39, 0.29) is 11.8 Å². The van der Waals surface area contributed by atoms with Crippen LogP contribution in [0.5, 0.6) is 5.75 Å². The highest BCUT2D eigenvalue weighted by molar-refractivity contribution is 7.14. The zero-order chi connectivity index (χ0) is 20.1. The van der Waals surface area contributed by atoms with Crippen molar-refractivity contribution in [1.29, 1.82) is 0 Å². The number of thiazole rings is 1. The van der Waals surface area contributed by atoms with E-state index < -0.39 is 6.10 Å². The highest BCUT2D eigenvalue weighted by Gasteiger charge is 2.16. The molecule has 0 bridgehead atoms. The number of ether oxygens (including phenoxy) is 1. The van der Waals surface area contributed by atoms with Crippen molar-refractivity contribution in [2.75, 3.05) is 10.6 Å². The Hall–Kier alpha value is -3.19. The fourth-order valence-corrected chi connectivity index (χ4v) is 3.20. The fraction of sp³-hybridized carbons (Fsp3) is 0.190. The lowest BCUT2D eigenvalue weighted by Gasteiger charge is -2.13. The van der Waals surface area contributed by atoms with E-state index in [1.54, 1.807) is 6.92 Å². The summed E-state index contributed by atoms with van der Waals surface area (Å²) >= 11 is 1.34. The van der Waals surface area contributed by atoms with Crippen LogP contribution in [0.2, 0.25) is 0 Å². The zero-order valence-electron chi connectivity index (χ0n) is 15.9. The summed E-state index contributed by atoms with van der Waals surface area (Å²) in [6.45, 7) is 5.16. The number of aromatic nitrogens is 1. The normalized spacial score (nSPS) is 11.5. The lowest BCUT2D eigenvalue weighted by molar-refractivity contribution is -0.122. The molecule has 1 heterocycles. The van der Waals surface area contributed by atoms with Gasteiger partial charge in [0.25, 0.3) is 5.91 Å². The molecule has 1 atom stereocenters. The largest absolute Gasteiger partial charge is 0.481 e. The summed E-state index contributed by atoms with van der Waals surface area (Å²) in [5, 5.41) is 7.88. The van der Waals surface area contributed by atoms with Crippen LogP contribution in [0.25, 0.3) is 11.3 Å². The Kier molecular flexibility index (Phi) is 6.06. The minimum absolute atomic E-state index is 0.117. The Bertz CT molecular complexity index is 965. The molecule has 2 aromatic carbocycles. The van der Waals surface area contributed by atoms with Crippen molar-refractivity contribution in [1.82, 2.24) is 4.98 Å². The number of carbonyl (C=O) groups excluding carboxylic acids is 2. The van der Waals surface area contributed by atoms with Gasteiger partial charge in [0.1, 0.15) is 5.75 Å². The molecule has 0 aliphatic heterocycles. The predicted molar refractivity (Wildman–Crippen MR) is 112 cm³/mol. The average molecular weight is 395 g/mol. The van der Waals surface area contributed by atoms with Gasteiger partial charge < -0.3 is 10.1 Å². The first-order valence-corrected chi connectivity index (χ1v) is 9.66. The van der Waals surface area contributed by atoms with E-state index in [1.807, 2.05) is 60.8 Å². The maximum Gasteiger partial charge on any atom is 0.266 e. The molecule has 0 aliphatic rings. The second kappa shape index (κ2) is 8.67. The van der Waals surface area contributed by atoms with Gasteiger partial charge in [0.15, 0.2) is 11.2 Å². The number of benzene rings is 2. The van der Waals surface area contributed by atoms with Gasteiger partial charge in [-0.3, -0.25) is 14.9 Å². The van der Waals surface area contributed by atoms with Gasteiger partial charge in [0, 0.05) is 23.6 Å². The summed E-state index contributed by atoms with van der Waals surface area (Å²) in [6, 6.07) is 14.9. The van der Waals surface area contributed by atoms with Crippen LogP contribution in [0.3, 0.4) is 0 Å². The molecule has 0 saturated heterocycles. The summed E-state index contributed by atoms with van der Waals surface area (Å²) < 4.78 is 5.67. The van der Waals surface area contributed by atoms with E-state index in [1.165, 1.54) is 18.3 Å². The molecule has 6 nitrogen and oxygen atoms in total. The maximum absolute atomic E-state index is 12.4. The Balaban J connectivity index is 1.61. The summed E-state index contributed by atoms with van der Waals surface area (Å²) in [5.41, 5.74) is 3.50. The second-order valence-corrected chi connectivity index (χ2v) is 7.22. The van der Waals surface area contributed by atoms with Crippen molar-refractivity contribution in [3.05, 3.63) is 59.5 Å². The number of rotatable bonds is 6. The molecule has 0 aliphatic carbocycles. The molecule has 2 N–H and O–H groups in total. The van der Waals surface area contributed by atoms with Crippen LogP contribution in [0, 0.1) is 6.92 Å². The van der Waals surface area contributed by atoms with Gasteiger partial charge in [-0.2, -0.15) is 0 Å². The third-order valence-electron chi connectivity index (χ3n) is 3.94. The second-order valence-electron chi connectivity index (χ2n) is 6.36. The lowest BCUT2D eigenvalue weighted by atomic mass is 10.1. The number of hydrogen-bond donors (Lipinski definition) is 2. The minimum Gasteiger partial charge on any atom is -0.481 e. The van der Waals surface area contributed by atoms with Crippen LogP contribution in [0.15, 0.2) is 53.9 Å². The van der Waals surface area contributed by atoms with Crippen LogP contribution in [0.4, 0.5) is 10.8 Å². The Morgan fingerprint density at radius 3 is 2.36 bits per heavy atom. The molecule has 0 fully saturated rings. The highest BCUT2D eigenvalue weighted by Crippen LogP contribution is 2.26. The molecule has 3 rings (SSSR count). The van der Waals surface area contributed by atoms with Crippen molar-refractivity contribution in [2.24, 2.45) is 0 Å². The Morgan fingerprint density at radius 2 is 1.71 bits per heavy atom. The minimum atomic E-state index is -0.646. The molecular weight excluding hydrogens is 374 g/mol. The molecule has 144 valence electrons. The molecule has 28 heavy (non-hydrogen) atoms. The predicted octanol–water partition coefficient (Wildman–Crippen LogP) is 4.48. The number of nitrogens with one attached hydrogen (secondary N) is 2. The topological polar surface area (TPSA) is 80.3 Å². The number of aryl methyl sites for hydroxylation is 1. The molecule has 2 amide bonds. The van der Waals surface area contributed by atoms with E-state index in [0.717, 1.165) is 22.5 Å². The molecule has 7 heteroatoms. The summed E-state index contributed by atoms with van der Waals surface area (Å²) in [7, 11) is 0. The van der Waals surface area contributed by atoms with Crippen molar-refractivity contribution >= 4 is 34.0 Å². The number of carbonyl (C=O) groups is 2. The number of amides is 2. The van der Waals surface area contributed by atoms with Crippen LogP contribution >= 0.6 is 11.3 Å². The van der Waals surface area contributed by atoms with Crippen LogP contribution in [-0.2, 0) is 9.59 Å². The molecule has 1 aromatic heterocycles. The maximum atomic E-state index is 12.4. The lowest BCUT2D eigenvalue weighted by Crippen LogP contribution is -2.30. The van der Waals surface area contributed by atoms with Gasteiger partial charge in [0.05, 0.1) is 5.69 Å². The molecule has 0 radical (unpaired) electrons. The van der Waals surface area contributed by atoms with Gasteiger partial charge in [-0.1, -0.05) is 29.8 Å².